The number of aromatic nitrogens is 2. The van der Waals surface area contributed by atoms with E-state index in [1.54, 1.807) is 6.07 Å². The molecular weight excluding hydrogens is 192 g/mol. The molecule has 1 aliphatic carbocycles. The number of anilines is 2. The second-order valence-electron chi connectivity index (χ2n) is 3.87. The van der Waals surface area contributed by atoms with Gasteiger partial charge in [-0.3, -0.25) is 0 Å². The van der Waals surface area contributed by atoms with Crippen LogP contribution in [-0.2, 0) is 0 Å². The van der Waals surface area contributed by atoms with Gasteiger partial charge in [0.25, 0.3) is 0 Å². The molecule has 82 valence electrons. The minimum atomic E-state index is 0.167. The van der Waals surface area contributed by atoms with Crippen molar-refractivity contribution < 1.29 is 4.74 Å². The van der Waals surface area contributed by atoms with Crippen molar-refractivity contribution in [1.82, 2.24) is 9.97 Å². The molecule has 0 atom stereocenters. The van der Waals surface area contributed by atoms with Gasteiger partial charge in [-0.1, -0.05) is 6.42 Å². The summed E-state index contributed by atoms with van der Waals surface area (Å²) < 4.78 is 5.71. The molecule has 5 heteroatoms. The summed E-state index contributed by atoms with van der Waals surface area (Å²) in [6, 6.07) is 1.62. The van der Waals surface area contributed by atoms with Gasteiger partial charge in [0.2, 0.25) is 11.8 Å². The Morgan fingerprint density at radius 3 is 2.53 bits per heavy atom. The van der Waals surface area contributed by atoms with Gasteiger partial charge in [0.05, 0.1) is 0 Å². The topological polar surface area (TPSA) is 87.0 Å². The molecule has 0 unspecified atom stereocenters. The number of nitrogens with zero attached hydrogens (tertiary/aromatic N) is 2. The summed E-state index contributed by atoms with van der Waals surface area (Å²) in [6.45, 7) is 0. The van der Waals surface area contributed by atoms with Crippen LogP contribution in [0.4, 0.5) is 11.8 Å². The highest BCUT2D eigenvalue weighted by Gasteiger charge is 2.15. The van der Waals surface area contributed by atoms with Gasteiger partial charge in [0.15, 0.2) is 0 Å². The van der Waals surface area contributed by atoms with Crippen LogP contribution in [0.25, 0.3) is 0 Å². The Morgan fingerprint density at radius 1 is 1.13 bits per heavy atom. The normalized spacial score (nSPS) is 17.6. The molecule has 0 saturated heterocycles. The third-order valence-electron chi connectivity index (χ3n) is 2.58. The second kappa shape index (κ2) is 4.33. The second-order valence-corrected chi connectivity index (χ2v) is 3.87. The molecule has 0 amide bonds. The summed E-state index contributed by atoms with van der Waals surface area (Å²) >= 11 is 0. The Balaban J connectivity index is 2.02. The van der Waals surface area contributed by atoms with Crippen LogP contribution in [0.3, 0.4) is 0 Å². The van der Waals surface area contributed by atoms with Crippen molar-refractivity contribution in [2.45, 2.75) is 38.2 Å². The Hall–Kier alpha value is -1.52. The molecule has 0 aliphatic heterocycles. The molecule has 15 heavy (non-hydrogen) atoms. The van der Waals surface area contributed by atoms with Gasteiger partial charge in [-0.2, -0.15) is 9.97 Å². The van der Waals surface area contributed by atoms with Gasteiger partial charge in [-0.25, -0.2) is 0 Å². The summed E-state index contributed by atoms with van der Waals surface area (Å²) in [5, 5.41) is 0. The number of ether oxygens (including phenoxy) is 1. The fourth-order valence-corrected chi connectivity index (χ4v) is 1.88. The molecule has 1 fully saturated rings. The third kappa shape index (κ3) is 2.71. The minimum Gasteiger partial charge on any atom is -0.474 e. The van der Waals surface area contributed by atoms with E-state index in [9.17, 15) is 0 Å². The van der Waals surface area contributed by atoms with Gasteiger partial charge in [-0.15, -0.1) is 0 Å². The molecule has 0 radical (unpaired) electrons. The molecule has 1 aromatic heterocycles. The van der Waals surface area contributed by atoms with E-state index in [0.717, 1.165) is 12.8 Å². The van der Waals surface area contributed by atoms with Crippen LogP contribution in [-0.4, -0.2) is 16.1 Å². The third-order valence-corrected chi connectivity index (χ3v) is 2.58. The smallest absolute Gasteiger partial charge is 0.225 e. The van der Waals surface area contributed by atoms with E-state index in [1.807, 2.05) is 0 Å². The standard InChI is InChI=1S/C10H16N4O/c11-8-6-9(14-10(12)13-8)15-7-4-2-1-3-5-7/h6-7H,1-5H2,(H4,11,12,13,14). The molecule has 1 aliphatic rings. The molecule has 2 rings (SSSR count). The number of rotatable bonds is 2. The average Bonchev–Trinajstić information content (AvgIpc) is 2.17. The molecule has 0 bridgehead atoms. The number of hydrogen-bond donors (Lipinski definition) is 2. The molecule has 1 saturated carbocycles. The highest BCUT2D eigenvalue weighted by molar-refractivity contribution is 5.38. The predicted molar refractivity (Wildman–Crippen MR) is 58.4 cm³/mol. The highest BCUT2D eigenvalue weighted by Crippen LogP contribution is 2.23. The van der Waals surface area contributed by atoms with Crippen molar-refractivity contribution in [3.63, 3.8) is 0 Å². The lowest BCUT2D eigenvalue weighted by Gasteiger charge is -2.22. The van der Waals surface area contributed by atoms with Gasteiger partial charge >= 0.3 is 0 Å². The van der Waals surface area contributed by atoms with Crippen molar-refractivity contribution in [2.75, 3.05) is 11.5 Å². The minimum absolute atomic E-state index is 0.167. The summed E-state index contributed by atoms with van der Waals surface area (Å²) in [4.78, 5) is 7.78. The van der Waals surface area contributed by atoms with E-state index >= 15 is 0 Å². The summed E-state index contributed by atoms with van der Waals surface area (Å²) in [6.07, 6.45) is 6.18. The first-order valence-corrected chi connectivity index (χ1v) is 5.31. The molecule has 4 N–H and O–H groups in total. The quantitative estimate of drug-likeness (QED) is 0.766. The first-order chi connectivity index (χ1) is 7.24. The van der Waals surface area contributed by atoms with Gasteiger partial charge in [0, 0.05) is 6.07 Å². The van der Waals surface area contributed by atoms with E-state index in [2.05, 4.69) is 9.97 Å². The highest BCUT2D eigenvalue weighted by atomic mass is 16.5. The largest absolute Gasteiger partial charge is 0.474 e. The van der Waals surface area contributed by atoms with Crippen molar-refractivity contribution in [3.05, 3.63) is 6.07 Å². The van der Waals surface area contributed by atoms with Crippen molar-refractivity contribution in [2.24, 2.45) is 0 Å². The lowest BCUT2D eigenvalue weighted by molar-refractivity contribution is 0.149. The van der Waals surface area contributed by atoms with Crippen molar-refractivity contribution >= 4 is 11.8 Å². The first kappa shape index (κ1) is 10.0. The van der Waals surface area contributed by atoms with Crippen LogP contribution in [0.2, 0.25) is 0 Å². The van der Waals surface area contributed by atoms with Crippen molar-refractivity contribution in [1.29, 1.82) is 0 Å². The number of nitrogen functional groups attached to an aromatic ring is 2. The lowest BCUT2D eigenvalue weighted by atomic mass is 9.98. The predicted octanol–water partition coefficient (Wildman–Crippen LogP) is 1.35. The summed E-state index contributed by atoms with van der Waals surface area (Å²) in [5.41, 5.74) is 11.0. The average molecular weight is 208 g/mol. The van der Waals surface area contributed by atoms with Gasteiger partial charge in [0.1, 0.15) is 11.9 Å². The van der Waals surface area contributed by atoms with E-state index in [-0.39, 0.29) is 12.1 Å². The fraction of sp³-hybridized carbons (Fsp3) is 0.600. The Kier molecular flexibility index (Phi) is 2.89. The van der Waals surface area contributed by atoms with Crippen LogP contribution in [0.1, 0.15) is 32.1 Å². The molecular formula is C10H16N4O. The first-order valence-electron chi connectivity index (χ1n) is 5.31. The SMILES string of the molecule is Nc1cc(OC2CCCCC2)nc(N)n1. The van der Waals surface area contributed by atoms with E-state index < -0.39 is 0 Å². The zero-order chi connectivity index (χ0) is 10.7. The number of nitrogens with two attached hydrogens (primary N) is 2. The van der Waals surface area contributed by atoms with E-state index in [4.69, 9.17) is 16.2 Å². The Bertz CT molecular complexity index is 316. The number of hydrogen-bond acceptors (Lipinski definition) is 5. The molecule has 0 aromatic carbocycles. The van der Waals surface area contributed by atoms with Crippen LogP contribution in [0.5, 0.6) is 5.88 Å². The maximum absolute atomic E-state index is 5.71. The molecule has 1 heterocycles. The van der Waals surface area contributed by atoms with Gasteiger partial charge in [-0.05, 0) is 25.7 Å². The molecule has 5 nitrogen and oxygen atoms in total. The molecule has 0 spiro atoms. The Morgan fingerprint density at radius 2 is 1.87 bits per heavy atom. The summed E-state index contributed by atoms with van der Waals surface area (Å²) in [7, 11) is 0. The van der Waals surface area contributed by atoms with Crippen LogP contribution < -0.4 is 16.2 Å². The summed E-state index contributed by atoms with van der Waals surface area (Å²) in [5.74, 6) is 1.01. The lowest BCUT2D eigenvalue weighted by Crippen LogP contribution is -2.20. The zero-order valence-corrected chi connectivity index (χ0v) is 8.65. The van der Waals surface area contributed by atoms with Crippen molar-refractivity contribution in [3.8, 4) is 5.88 Å². The zero-order valence-electron chi connectivity index (χ0n) is 8.65. The monoisotopic (exact) mass is 208 g/mol. The maximum atomic E-state index is 5.71. The van der Waals surface area contributed by atoms with Gasteiger partial charge < -0.3 is 16.2 Å². The van der Waals surface area contributed by atoms with Crippen LogP contribution in [0, 0.1) is 0 Å². The van der Waals surface area contributed by atoms with Crippen LogP contribution in [0.15, 0.2) is 6.07 Å². The van der Waals surface area contributed by atoms with E-state index in [1.165, 1.54) is 19.3 Å². The fourth-order valence-electron chi connectivity index (χ4n) is 1.88. The Labute approximate surface area is 88.8 Å². The van der Waals surface area contributed by atoms with E-state index in [0.29, 0.717) is 11.7 Å². The maximum Gasteiger partial charge on any atom is 0.225 e. The molecule has 1 aromatic rings. The van der Waals surface area contributed by atoms with Crippen LogP contribution >= 0.6 is 0 Å².